The van der Waals surface area contributed by atoms with Gasteiger partial charge in [0.2, 0.25) is 0 Å². The summed E-state index contributed by atoms with van der Waals surface area (Å²) in [5.74, 6) is 2.84. The van der Waals surface area contributed by atoms with Gasteiger partial charge in [0.25, 0.3) is 0 Å². The number of rotatable bonds is 14. The van der Waals surface area contributed by atoms with E-state index in [9.17, 15) is 4.79 Å². The zero-order valence-corrected chi connectivity index (χ0v) is 23.7. The van der Waals surface area contributed by atoms with Gasteiger partial charge in [0, 0.05) is 24.2 Å². The lowest BCUT2D eigenvalue weighted by Gasteiger charge is -2.13. The van der Waals surface area contributed by atoms with Crippen molar-refractivity contribution in [2.45, 2.75) is 25.7 Å². The molecular weight excluding hydrogens is 480 g/mol. The van der Waals surface area contributed by atoms with Gasteiger partial charge in [0.1, 0.15) is 0 Å². The van der Waals surface area contributed by atoms with E-state index in [-0.39, 0.29) is 5.78 Å². The fourth-order valence-corrected chi connectivity index (χ4v) is 4.29. The number of methoxy groups -OCH3 is 2. The molecule has 7 nitrogen and oxygen atoms in total. The number of ketones is 1. The molecular formula is C31H42N2O5. The minimum absolute atomic E-state index is 0.0796. The Morgan fingerprint density at radius 3 is 1.47 bits per heavy atom. The number of carbonyl (C=O) groups excluding carboxylic acids is 1. The van der Waals surface area contributed by atoms with Crippen molar-refractivity contribution >= 4 is 17.9 Å². The maximum atomic E-state index is 13.2. The highest BCUT2D eigenvalue weighted by atomic mass is 16.5. The Morgan fingerprint density at radius 1 is 0.684 bits per heavy atom. The van der Waals surface area contributed by atoms with Gasteiger partial charge >= 0.3 is 0 Å². The number of hydrogen-bond donors (Lipinski definition) is 0. The molecule has 1 fully saturated rings. The van der Waals surface area contributed by atoms with Gasteiger partial charge in [-0.15, -0.1) is 0 Å². The summed E-state index contributed by atoms with van der Waals surface area (Å²) in [6, 6.07) is 11.6. The van der Waals surface area contributed by atoms with Crippen LogP contribution in [0.5, 0.6) is 23.0 Å². The van der Waals surface area contributed by atoms with Crippen molar-refractivity contribution in [3.05, 3.63) is 58.7 Å². The molecule has 0 N–H and O–H groups in total. The zero-order chi connectivity index (χ0) is 27.5. The predicted molar refractivity (Wildman–Crippen MR) is 154 cm³/mol. The van der Waals surface area contributed by atoms with E-state index >= 15 is 0 Å². The van der Waals surface area contributed by atoms with E-state index in [1.807, 2.05) is 76.7 Å². The molecule has 0 spiro atoms. The van der Waals surface area contributed by atoms with Gasteiger partial charge in [0.15, 0.2) is 28.8 Å². The fourth-order valence-electron chi connectivity index (χ4n) is 4.29. The SMILES string of the molecule is COc1cc(/C=C2\CC/C(=C\c3ccc(OCCCN(C)C)c(OC)c3)C2=O)ccc1OCCCN(C)C. The molecule has 206 valence electrons. The van der Waals surface area contributed by atoms with Crippen molar-refractivity contribution in [3.63, 3.8) is 0 Å². The molecule has 7 heteroatoms. The molecule has 1 aliphatic carbocycles. The summed E-state index contributed by atoms with van der Waals surface area (Å²) in [5.41, 5.74) is 3.44. The summed E-state index contributed by atoms with van der Waals surface area (Å²) in [4.78, 5) is 17.4. The maximum absolute atomic E-state index is 13.2. The third-order valence-electron chi connectivity index (χ3n) is 6.32. The Bertz CT molecular complexity index is 1050. The van der Waals surface area contributed by atoms with Crippen molar-refractivity contribution in [1.82, 2.24) is 9.80 Å². The fraction of sp³-hybridized carbons (Fsp3) is 0.452. The van der Waals surface area contributed by atoms with Crippen LogP contribution in [0.15, 0.2) is 47.5 Å². The molecule has 0 unspecified atom stereocenters. The summed E-state index contributed by atoms with van der Waals surface area (Å²) >= 11 is 0. The topological polar surface area (TPSA) is 60.5 Å². The molecule has 2 aromatic carbocycles. The number of carbonyl (C=O) groups is 1. The van der Waals surface area contributed by atoms with Crippen LogP contribution in [0.3, 0.4) is 0 Å². The summed E-state index contributed by atoms with van der Waals surface area (Å²) < 4.78 is 22.9. The molecule has 2 aromatic rings. The van der Waals surface area contributed by atoms with Crippen LogP contribution in [-0.4, -0.2) is 84.3 Å². The first-order valence-corrected chi connectivity index (χ1v) is 13.2. The summed E-state index contributed by atoms with van der Waals surface area (Å²) in [6.07, 6.45) is 7.19. The number of benzene rings is 2. The number of nitrogens with zero attached hydrogens (tertiary/aromatic N) is 2. The van der Waals surface area contributed by atoms with Crippen LogP contribution < -0.4 is 18.9 Å². The molecule has 0 aromatic heterocycles. The first-order chi connectivity index (χ1) is 18.3. The van der Waals surface area contributed by atoms with E-state index in [0.29, 0.717) is 49.1 Å². The highest BCUT2D eigenvalue weighted by Gasteiger charge is 2.23. The number of hydrogen-bond acceptors (Lipinski definition) is 7. The zero-order valence-electron chi connectivity index (χ0n) is 23.7. The molecule has 0 aliphatic heterocycles. The first-order valence-electron chi connectivity index (χ1n) is 13.2. The third-order valence-corrected chi connectivity index (χ3v) is 6.32. The molecule has 1 aliphatic rings. The molecule has 0 bridgehead atoms. The second-order valence-electron chi connectivity index (χ2n) is 10.00. The van der Waals surface area contributed by atoms with Crippen molar-refractivity contribution in [3.8, 4) is 23.0 Å². The Morgan fingerprint density at radius 2 is 1.11 bits per heavy atom. The summed E-state index contributed by atoms with van der Waals surface area (Å²) in [5, 5.41) is 0. The Hall–Kier alpha value is -3.29. The van der Waals surface area contributed by atoms with Crippen molar-refractivity contribution in [2.24, 2.45) is 0 Å². The van der Waals surface area contributed by atoms with Crippen LogP contribution in [0.25, 0.3) is 12.2 Å². The second kappa shape index (κ2) is 14.6. The van der Waals surface area contributed by atoms with Crippen LogP contribution in [0.4, 0.5) is 0 Å². The van der Waals surface area contributed by atoms with Gasteiger partial charge in [0.05, 0.1) is 27.4 Å². The van der Waals surface area contributed by atoms with Gasteiger partial charge in [-0.2, -0.15) is 0 Å². The van der Waals surface area contributed by atoms with Crippen LogP contribution in [0, 0.1) is 0 Å². The lowest BCUT2D eigenvalue weighted by Crippen LogP contribution is -2.15. The van der Waals surface area contributed by atoms with E-state index in [1.165, 1.54) is 0 Å². The van der Waals surface area contributed by atoms with E-state index in [2.05, 4.69) is 9.80 Å². The lowest BCUT2D eigenvalue weighted by atomic mass is 10.1. The van der Waals surface area contributed by atoms with Gasteiger partial charge in [-0.25, -0.2) is 0 Å². The number of Topliss-reactive ketones (excluding diaryl/α,β-unsaturated/α-hetero) is 1. The average molecular weight is 523 g/mol. The molecule has 0 saturated heterocycles. The maximum Gasteiger partial charge on any atom is 0.185 e. The van der Waals surface area contributed by atoms with E-state index in [0.717, 1.165) is 48.2 Å². The molecule has 0 heterocycles. The molecule has 0 amide bonds. The van der Waals surface area contributed by atoms with E-state index < -0.39 is 0 Å². The van der Waals surface area contributed by atoms with Crippen LogP contribution >= 0.6 is 0 Å². The minimum atomic E-state index is 0.0796. The van der Waals surface area contributed by atoms with E-state index in [4.69, 9.17) is 18.9 Å². The Kier molecular flexibility index (Phi) is 11.2. The minimum Gasteiger partial charge on any atom is -0.493 e. The van der Waals surface area contributed by atoms with Crippen molar-refractivity contribution in [2.75, 3.05) is 68.7 Å². The monoisotopic (exact) mass is 522 g/mol. The van der Waals surface area contributed by atoms with Gasteiger partial charge in [-0.3, -0.25) is 4.79 Å². The van der Waals surface area contributed by atoms with Gasteiger partial charge in [-0.05, 0) is 101 Å². The molecule has 3 rings (SSSR count). The van der Waals surface area contributed by atoms with Crippen LogP contribution in [0.1, 0.15) is 36.8 Å². The second-order valence-corrected chi connectivity index (χ2v) is 10.00. The normalized spacial score (nSPS) is 15.6. The van der Waals surface area contributed by atoms with Crippen LogP contribution in [-0.2, 0) is 4.79 Å². The number of allylic oxidation sites excluding steroid dienone is 2. The smallest absolute Gasteiger partial charge is 0.185 e. The third kappa shape index (κ3) is 8.64. The van der Waals surface area contributed by atoms with Crippen LogP contribution in [0.2, 0.25) is 0 Å². The molecule has 1 saturated carbocycles. The number of ether oxygens (including phenoxy) is 4. The highest BCUT2D eigenvalue weighted by molar-refractivity contribution is 6.15. The quantitative estimate of drug-likeness (QED) is 0.250. The molecule has 0 radical (unpaired) electrons. The Balaban J connectivity index is 1.66. The average Bonchev–Trinajstić information content (AvgIpc) is 3.23. The highest BCUT2D eigenvalue weighted by Crippen LogP contribution is 2.34. The Labute approximate surface area is 227 Å². The van der Waals surface area contributed by atoms with Crippen molar-refractivity contribution in [1.29, 1.82) is 0 Å². The van der Waals surface area contributed by atoms with E-state index in [1.54, 1.807) is 14.2 Å². The first kappa shape index (κ1) is 29.3. The standard InChI is InChI=1S/C31H42N2O5/c1-32(2)15-7-17-37-27-13-9-23(21-29(27)35-5)19-25-11-12-26(31(25)34)20-24-10-14-28(30(22-24)36-6)38-18-8-16-33(3)4/h9-10,13-14,19-22H,7-8,11-12,15-18H2,1-6H3/b25-19+,26-20+. The van der Waals surface area contributed by atoms with Crippen molar-refractivity contribution < 1.29 is 23.7 Å². The lowest BCUT2D eigenvalue weighted by molar-refractivity contribution is -0.111. The van der Waals surface area contributed by atoms with Gasteiger partial charge in [-0.1, -0.05) is 12.1 Å². The predicted octanol–water partition coefficient (Wildman–Crippen LogP) is 5.19. The molecule has 38 heavy (non-hydrogen) atoms. The van der Waals surface area contributed by atoms with Gasteiger partial charge < -0.3 is 28.7 Å². The molecule has 0 atom stereocenters. The summed E-state index contributed by atoms with van der Waals surface area (Å²) in [6.45, 7) is 3.17. The summed E-state index contributed by atoms with van der Waals surface area (Å²) in [7, 11) is 11.5. The largest absolute Gasteiger partial charge is 0.493 e.